The van der Waals surface area contributed by atoms with Gasteiger partial charge < -0.3 is 15.3 Å². The molecular formula is C15H20N2O3S. The number of amides is 2. The van der Waals surface area contributed by atoms with Crippen LogP contribution in [0, 0.1) is 13.8 Å². The number of urea groups is 1. The van der Waals surface area contributed by atoms with Gasteiger partial charge in [-0.25, -0.2) is 9.59 Å². The Hall–Kier alpha value is -1.69. The Kier molecular flexibility index (Phi) is 4.77. The van der Waals surface area contributed by atoms with Gasteiger partial charge in [-0.3, -0.25) is 0 Å². The van der Waals surface area contributed by atoms with E-state index in [0.29, 0.717) is 12.2 Å². The summed E-state index contributed by atoms with van der Waals surface area (Å²) in [5, 5.41) is 12.1. The summed E-state index contributed by atoms with van der Waals surface area (Å²) in [5.74, 6) is 0.794. The van der Waals surface area contributed by atoms with Crippen LogP contribution in [0.25, 0.3) is 0 Å². The highest BCUT2D eigenvalue weighted by molar-refractivity contribution is 7.99. The molecule has 1 atom stereocenters. The molecule has 2 N–H and O–H groups in total. The Bertz CT molecular complexity index is 574. The number of nitrogens with one attached hydrogen (secondary N) is 1. The molecule has 2 amide bonds. The van der Waals surface area contributed by atoms with Crippen molar-refractivity contribution in [3.63, 3.8) is 0 Å². The zero-order valence-electron chi connectivity index (χ0n) is 12.5. The van der Waals surface area contributed by atoms with E-state index in [2.05, 4.69) is 5.32 Å². The highest BCUT2D eigenvalue weighted by atomic mass is 32.2. The number of aromatic carboxylic acids is 1. The van der Waals surface area contributed by atoms with Gasteiger partial charge in [0.1, 0.15) is 0 Å². The second-order valence-corrected chi connectivity index (χ2v) is 6.51. The molecule has 1 aromatic carbocycles. The molecule has 1 saturated heterocycles. The van der Waals surface area contributed by atoms with Crippen LogP contribution in [0.5, 0.6) is 0 Å². The number of carbonyl (C=O) groups excluding carboxylic acids is 1. The molecular weight excluding hydrogens is 288 g/mol. The van der Waals surface area contributed by atoms with Gasteiger partial charge in [0, 0.05) is 24.1 Å². The highest BCUT2D eigenvalue weighted by Gasteiger charge is 2.25. The number of carbonyl (C=O) groups is 2. The molecule has 0 aromatic heterocycles. The lowest BCUT2D eigenvalue weighted by atomic mass is 10.0. The fourth-order valence-corrected chi connectivity index (χ4v) is 3.52. The topological polar surface area (TPSA) is 69.6 Å². The van der Waals surface area contributed by atoms with Gasteiger partial charge in [0.2, 0.25) is 0 Å². The largest absolute Gasteiger partial charge is 0.478 e. The summed E-state index contributed by atoms with van der Waals surface area (Å²) in [4.78, 5) is 25.5. The average Bonchev–Trinajstić information content (AvgIpc) is 2.41. The number of hydrogen-bond acceptors (Lipinski definition) is 3. The number of nitrogens with zero attached hydrogens (tertiary/aromatic N) is 1. The van der Waals surface area contributed by atoms with Crippen molar-refractivity contribution in [2.24, 2.45) is 0 Å². The number of carboxylic acids is 1. The van der Waals surface area contributed by atoms with Gasteiger partial charge in [0.25, 0.3) is 0 Å². The third kappa shape index (κ3) is 3.50. The molecule has 114 valence electrons. The average molecular weight is 308 g/mol. The van der Waals surface area contributed by atoms with Gasteiger partial charge in [-0.2, -0.15) is 11.8 Å². The lowest BCUT2D eigenvalue weighted by molar-refractivity contribution is 0.0698. The van der Waals surface area contributed by atoms with Crippen LogP contribution >= 0.6 is 11.8 Å². The van der Waals surface area contributed by atoms with Gasteiger partial charge in [0.15, 0.2) is 0 Å². The maximum absolute atomic E-state index is 12.4. The summed E-state index contributed by atoms with van der Waals surface area (Å²) >= 11 is 1.83. The fraction of sp³-hybridized carbons (Fsp3) is 0.467. The molecule has 1 aromatic rings. The standard InChI is InChI=1S/C15H20N2O3S/c1-9-6-10(2)13(12(7-9)14(18)19)16-15(20)17-4-5-21-8-11(17)3/h6-7,11H,4-5,8H2,1-3H3,(H,16,20)(H,18,19). The predicted molar refractivity (Wildman–Crippen MR) is 85.4 cm³/mol. The Morgan fingerprint density at radius 2 is 2.10 bits per heavy atom. The lowest BCUT2D eigenvalue weighted by Gasteiger charge is -2.33. The molecule has 2 rings (SSSR count). The molecule has 6 heteroatoms. The van der Waals surface area contributed by atoms with E-state index in [1.54, 1.807) is 11.0 Å². The minimum atomic E-state index is -1.03. The SMILES string of the molecule is Cc1cc(C)c(NC(=O)N2CCSCC2C)c(C(=O)O)c1. The van der Waals surface area contributed by atoms with Crippen LogP contribution in [0.1, 0.15) is 28.4 Å². The molecule has 1 aliphatic heterocycles. The van der Waals surface area contributed by atoms with E-state index in [1.165, 1.54) is 0 Å². The lowest BCUT2D eigenvalue weighted by Crippen LogP contribution is -2.46. The Morgan fingerprint density at radius 1 is 1.38 bits per heavy atom. The first-order valence-electron chi connectivity index (χ1n) is 6.90. The summed E-state index contributed by atoms with van der Waals surface area (Å²) < 4.78 is 0. The first kappa shape index (κ1) is 15.7. The normalized spacial score (nSPS) is 18.4. The van der Waals surface area contributed by atoms with Gasteiger partial charge in [0.05, 0.1) is 11.3 Å². The van der Waals surface area contributed by atoms with E-state index in [1.807, 2.05) is 38.6 Å². The van der Waals surface area contributed by atoms with Crippen LogP contribution in [-0.4, -0.2) is 46.1 Å². The minimum absolute atomic E-state index is 0.139. The molecule has 0 spiro atoms. The molecule has 1 aliphatic rings. The van der Waals surface area contributed by atoms with Crippen molar-refractivity contribution in [2.45, 2.75) is 26.8 Å². The molecule has 21 heavy (non-hydrogen) atoms. The predicted octanol–water partition coefficient (Wildman–Crippen LogP) is 2.97. The number of carboxylic acid groups (broad SMARTS) is 1. The van der Waals surface area contributed by atoms with Crippen LogP contribution in [0.15, 0.2) is 12.1 Å². The molecule has 0 saturated carbocycles. The van der Waals surface area contributed by atoms with Crippen LogP contribution in [0.3, 0.4) is 0 Å². The van der Waals surface area contributed by atoms with Crippen molar-refractivity contribution in [2.75, 3.05) is 23.4 Å². The quantitative estimate of drug-likeness (QED) is 0.881. The Labute approximate surface area is 128 Å². The van der Waals surface area contributed by atoms with Crippen LogP contribution in [0.4, 0.5) is 10.5 Å². The molecule has 1 unspecified atom stereocenters. The van der Waals surface area contributed by atoms with Gasteiger partial charge in [-0.05, 0) is 38.0 Å². The summed E-state index contributed by atoms with van der Waals surface area (Å²) in [6.07, 6.45) is 0. The monoisotopic (exact) mass is 308 g/mol. The zero-order valence-corrected chi connectivity index (χ0v) is 13.3. The molecule has 0 bridgehead atoms. The summed E-state index contributed by atoms with van der Waals surface area (Å²) in [7, 11) is 0. The van der Waals surface area contributed by atoms with E-state index >= 15 is 0 Å². The van der Waals surface area contributed by atoms with E-state index in [0.717, 1.165) is 22.6 Å². The van der Waals surface area contributed by atoms with Crippen LogP contribution in [-0.2, 0) is 0 Å². The van der Waals surface area contributed by atoms with Crippen molar-refractivity contribution in [3.05, 3.63) is 28.8 Å². The molecule has 1 fully saturated rings. The molecule has 1 heterocycles. The van der Waals surface area contributed by atoms with Gasteiger partial charge in [-0.1, -0.05) is 6.07 Å². The number of hydrogen-bond donors (Lipinski definition) is 2. The smallest absolute Gasteiger partial charge is 0.337 e. The number of rotatable bonds is 2. The maximum atomic E-state index is 12.4. The summed E-state index contributed by atoms with van der Waals surface area (Å²) in [5.41, 5.74) is 2.16. The Balaban J connectivity index is 2.26. The number of aryl methyl sites for hydroxylation is 2. The van der Waals surface area contributed by atoms with E-state index in [9.17, 15) is 14.7 Å². The van der Waals surface area contributed by atoms with E-state index in [-0.39, 0.29) is 17.6 Å². The fourth-order valence-electron chi connectivity index (χ4n) is 2.51. The van der Waals surface area contributed by atoms with Crippen molar-refractivity contribution in [3.8, 4) is 0 Å². The highest BCUT2D eigenvalue weighted by Crippen LogP contribution is 2.24. The first-order valence-corrected chi connectivity index (χ1v) is 8.05. The number of benzene rings is 1. The van der Waals surface area contributed by atoms with Crippen molar-refractivity contribution in [1.29, 1.82) is 0 Å². The number of thioether (sulfide) groups is 1. The van der Waals surface area contributed by atoms with Crippen LogP contribution in [0.2, 0.25) is 0 Å². The second-order valence-electron chi connectivity index (χ2n) is 5.36. The Morgan fingerprint density at radius 3 is 2.71 bits per heavy atom. The molecule has 0 radical (unpaired) electrons. The molecule has 5 nitrogen and oxygen atoms in total. The number of anilines is 1. The maximum Gasteiger partial charge on any atom is 0.337 e. The van der Waals surface area contributed by atoms with E-state index < -0.39 is 5.97 Å². The van der Waals surface area contributed by atoms with Gasteiger partial charge >= 0.3 is 12.0 Å². The van der Waals surface area contributed by atoms with Crippen molar-refractivity contribution >= 4 is 29.4 Å². The second kappa shape index (κ2) is 6.39. The first-order chi connectivity index (χ1) is 9.90. The molecule has 0 aliphatic carbocycles. The third-order valence-corrected chi connectivity index (χ3v) is 4.76. The van der Waals surface area contributed by atoms with Crippen LogP contribution < -0.4 is 5.32 Å². The summed E-state index contributed by atoms with van der Waals surface area (Å²) in [6.45, 7) is 6.34. The van der Waals surface area contributed by atoms with Crippen molar-refractivity contribution in [1.82, 2.24) is 4.90 Å². The zero-order chi connectivity index (χ0) is 15.6. The van der Waals surface area contributed by atoms with Gasteiger partial charge in [-0.15, -0.1) is 0 Å². The summed E-state index contributed by atoms with van der Waals surface area (Å²) in [6, 6.07) is 3.39. The van der Waals surface area contributed by atoms with E-state index in [4.69, 9.17) is 0 Å². The minimum Gasteiger partial charge on any atom is -0.478 e. The van der Waals surface area contributed by atoms with Crippen molar-refractivity contribution < 1.29 is 14.7 Å². The third-order valence-electron chi connectivity index (χ3n) is 3.57.